The number of aromatic nitrogens is 4. The standard InChI is InChI=1S/C28H25N5O2S/c1-2-33-28(35)24(27(34)29-16-15-21-26(31-18-30-21)22-14-9-17-36-22)23(19-10-5-3-6-11-19)25(32-33)20-12-7-4-8-13-20/h3-14,17-18H,2,15-16H2,1H3,(H,29,34)(H,30,31). The van der Waals surface area contributed by atoms with Crippen LogP contribution in [0.2, 0.25) is 0 Å². The van der Waals surface area contributed by atoms with Gasteiger partial charge in [-0.3, -0.25) is 9.59 Å². The van der Waals surface area contributed by atoms with Gasteiger partial charge in [-0.05, 0) is 23.9 Å². The van der Waals surface area contributed by atoms with Crippen molar-refractivity contribution in [1.82, 2.24) is 25.1 Å². The van der Waals surface area contributed by atoms with E-state index >= 15 is 0 Å². The second-order valence-corrected chi connectivity index (χ2v) is 9.11. The second kappa shape index (κ2) is 10.5. The number of H-pyrrole nitrogens is 1. The van der Waals surface area contributed by atoms with Crippen molar-refractivity contribution in [3.8, 4) is 33.0 Å². The monoisotopic (exact) mass is 495 g/mol. The average Bonchev–Trinajstić information content (AvgIpc) is 3.61. The predicted octanol–water partition coefficient (Wildman–Crippen LogP) is 5.02. The Balaban J connectivity index is 1.52. The van der Waals surface area contributed by atoms with Gasteiger partial charge in [0.15, 0.2) is 0 Å². The first-order chi connectivity index (χ1) is 17.7. The van der Waals surface area contributed by atoms with Gasteiger partial charge in [-0.2, -0.15) is 5.10 Å². The van der Waals surface area contributed by atoms with E-state index < -0.39 is 11.5 Å². The van der Waals surface area contributed by atoms with Crippen LogP contribution in [0.4, 0.5) is 0 Å². The van der Waals surface area contributed by atoms with E-state index in [1.807, 2.05) is 85.1 Å². The van der Waals surface area contributed by atoms with Gasteiger partial charge in [0.25, 0.3) is 11.5 Å². The SMILES string of the molecule is CCn1nc(-c2ccccc2)c(-c2ccccc2)c(C(=O)NCCc2[nH]cnc2-c2cccs2)c1=O. The van der Waals surface area contributed by atoms with Crippen LogP contribution in [0, 0.1) is 0 Å². The molecule has 0 fully saturated rings. The number of aryl methyl sites for hydroxylation is 1. The van der Waals surface area contributed by atoms with Gasteiger partial charge in [0.1, 0.15) is 11.3 Å². The number of thiophene rings is 1. The minimum absolute atomic E-state index is 0.0972. The number of hydrogen-bond acceptors (Lipinski definition) is 5. The lowest BCUT2D eigenvalue weighted by Gasteiger charge is -2.17. The van der Waals surface area contributed by atoms with Crippen LogP contribution in [0.5, 0.6) is 0 Å². The Morgan fingerprint density at radius 1 is 0.972 bits per heavy atom. The highest BCUT2D eigenvalue weighted by Crippen LogP contribution is 2.32. The molecule has 180 valence electrons. The number of rotatable bonds is 8. The number of amides is 1. The Morgan fingerprint density at radius 3 is 2.36 bits per heavy atom. The van der Waals surface area contributed by atoms with Crippen LogP contribution in [-0.2, 0) is 13.0 Å². The minimum atomic E-state index is -0.419. The smallest absolute Gasteiger partial charge is 0.280 e. The van der Waals surface area contributed by atoms with E-state index in [-0.39, 0.29) is 5.56 Å². The summed E-state index contributed by atoms with van der Waals surface area (Å²) in [4.78, 5) is 35.7. The molecule has 36 heavy (non-hydrogen) atoms. The zero-order valence-electron chi connectivity index (χ0n) is 19.8. The summed E-state index contributed by atoms with van der Waals surface area (Å²) in [5, 5.41) is 9.63. The molecule has 2 N–H and O–H groups in total. The van der Waals surface area contributed by atoms with E-state index in [1.165, 1.54) is 4.68 Å². The highest BCUT2D eigenvalue weighted by atomic mass is 32.1. The first kappa shape index (κ1) is 23.4. The van der Waals surface area contributed by atoms with Crippen molar-refractivity contribution in [3.05, 3.63) is 106 Å². The molecule has 8 heteroatoms. The number of hydrogen-bond donors (Lipinski definition) is 2. The van der Waals surface area contributed by atoms with Crippen molar-refractivity contribution in [2.24, 2.45) is 0 Å². The summed E-state index contributed by atoms with van der Waals surface area (Å²) in [5.41, 5.74) is 4.25. The number of imidazole rings is 1. The average molecular weight is 496 g/mol. The van der Waals surface area contributed by atoms with Crippen LogP contribution in [0.1, 0.15) is 23.0 Å². The Hall–Kier alpha value is -4.30. The van der Waals surface area contributed by atoms with E-state index in [9.17, 15) is 9.59 Å². The maximum Gasteiger partial charge on any atom is 0.280 e. The molecule has 0 aliphatic carbocycles. The maximum absolute atomic E-state index is 13.6. The second-order valence-electron chi connectivity index (χ2n) is 8.16. The lowest BCUT2D eigenvalue weighted by atomic mass is 9.95. The van der Waals surface area contributed by atoms with Crippen LogP contribution >= 0.6 is 11.3 Å². The van der Waals surface area contributed by atoms with E-state index in [2.05, 4.69) is 20.4 Å². The molecule has 0 aliphatic rings. The van der Waals surface area contributed by atoms with E-state index in [1.54, 1.807) is 17.7 Å². The third-order valence-electron chi connectivity index (χ3n) is 5.93. The molecule has 3 heterocycles. The van der Waals surface area contributed by atoms with Gasteiger partial charge in [-0.25, -0.2) is 9.67 Å². The summed E-state index contributed by atoms with van der Waals surface area (Å²) >= 11 is 1.62. The molecule has 3 aromatic heterocycles. The summed E-state index contributed by atoms with van der Waals surface area (Å²) in [5.74, 6) is -0.419. The maximum atomic E-state index is 13.6. The van der Waals surface area contributed by atoms with Gasteiger partial charge in [0.2, 0.25) is 0 Å². The van der Waals surface area contributed by atoms with Crippen molar-refractivity contribution in [3.63, 3.8) is 0 Å². The highest BCUT2D eigenvalue weighted by Gasteiger charge is 2.24. The number of aromatic amines is 1. The van der Waals surface area contributed by atoms with Crippen molar-refractivity contribution in [2.45, 2.75) is 19.9 Å². The number of benzene rings is 2. The number of carbonyl (C=O) groups is 1. The molecule has 0 atom stereocenters. The van der Waals surface area contributed by atoms with Crippen LogP contribution in [0.15, 0.2) is 89.3 Å². The first-order valence-corrected chi connectivity index (χ1v) is 12.7. The molecule has 0 bridgehead atoms. The molecular formula is C28H25N5O2S. The van der Waals surface area contributed by atoms with Crippen molar-refractivity contribution >= 4 is 17.2 Å². The third-order valence-corrected chi connectivity index (χ3v) is 6.80. The Morgan fingerprint density at radius 2 is 1.69 bits per heavy atom. The lowest BCUT2D eigenvalue weighted by Crippen LogP contribution is -2.36. The molecule has 5 aromatic rings. The molecule has 0 saturated carbocycles. The Bertz CT molecular complexity index is 1520. The highest BCUT2D eigenvalue weighted by molar-refractivity contribution is 7.13. The van der Waals surface area contributed by atoms with Crippen LogP contribution in [-0.4, -0.2) is 32.2 Å². The topological polar surface area (TPSA) is 92.7 Å². The zero-order valence-corrected chi connectivity index (χ0v) is 20.6. The largest absolute Gasteiger partial charge is 0.351 e. The van der Waals surface area contributed by atoms with Crippen LogP contribution in [0.3, 0.4) is 0 Å². The zero-order chi connectivity index (χ0) is 24.9. The fourth-order valence-corrected chi connectivity index (χ4v) is 4.95. The van der Waals surface area contributed by atoms with Crippen molar-refractivity contribution in [2.75, 3.05) is 6.54 Å². The fraction of sp³-hybridized carbons (Fsp3) is 0.143. The van der Waals surface area contributed by atoms with Gasteiger partial charge in [0.05, 0.1) is 16.9 Å². The summed E-state index contributed by atoms with van der Waals surface area (Å²) in [7, 11) is 0. The summed E-state index contributed by atoms with van der Waals surface area (Å²) in [6.07, 6.45) is 2.22. The minimum Gasteiger partial charge on any atom is -0.351 e. The molecule has 0 aliphatic heterocycles. The van der Waals surface area contributed by atoms with Gasteiger partial charge in [-0.1, -0.05) is 66.7 Å². The Kier molecular flexibility index (Phi) is 6.86. The quantitative estimate of drug-likeness (QED) is 0.316. The fourth-order valence-electron chi connectivity index (χ4n) is 4.21. The normalized spacial score (nSPS) is 10.9. The summed E-state index contributed by atoms with van der Waals surface area (Å²) in [6, 6.07) is 23.1. The number of nitrogens with zero attached hydrogens (tertiary/aromatic N) is 3. The molecule has 5 rings (SSSR count). The summed E-state index contributed by atoms with van der Waals surface area (Å²) < 4.78 is 1.35. The lowest BCUT2D eigenvalue weighted by molar-refractivity contribution is 0.0952. The number of nitrogens with one attached hydrogen (secondary N) is 2. The van der Waals surface area contributed by atoms with Crippen LogP contribution < -0.4 is 10.9 Å². The number of carbonyl (C=O) groups excluding carboxylic acids is 1. The molecule has 0 radical (unpaired) electrons. The molecule has 2 aromatic carbocycles. The molecule has 0 spiro atoms. The van der Waals surface area contributed by atoms with Crippen molar-refractivity contribution < 1.29 is 4.79 Å². The van der Waals surface area contributed by atoms with Gasteiger partial charge >= 0.3 is 0 Å². The Labute approximate surface area is 212 Å². The first-order valence-electron chi connectivity index (χ1n) is 11.8. The van der Waals surface area contributed by atoms with E-state index in [0.29, 0.717) is 30.8 Å². The summed E-state index contributed by atoms with van der Waals surface area (Å²) in [6.45, 7) is 2.55. The van der Waals surface area contributed by atoms with E-state index in [4.69, 9.17) is 0 Å². The predicted molar refractivity (Wildman–Crippen MR) is 143 cm³/mol. The van der Waals surface area contributed by atoms with Gasteiger partial charge < -0.3 is 10.3 Å². The molecular weight excluding hydrogens is 470 g/mol. The molecule has 1 amide bonds. The molecule has 0 unspecified atom stereocenters. The van der Waals surface area contributed by atoms with E-state index in [0.717, 1.165) is 27.4 Å². The van der Waals surface area contributed by atoms with Gasteiger partial charge in [-0.15, -0.1) is 11.3 Å². The van der Waals surface area contributed by atoms with Crippen LogP contribution in [0.25, 0.3) is 33.0 Å². The van der Waals surface area contributed by atoms with Crippen molar-refractivity contribution in [1.29, 1.82) is 0 Å². The molecule has 7 nitrogen and oxygen atoms in total. The third kappa shape index (κ3) is 4.63. The van der Waals surface area contributed by atoms with Gasteiger partial charge in [0, 0.05) is 36.3 Å². The molecule has 0 saturated heterocycles.